The first-order valence-electron chi connectivity index (χ1n) is 5.89. The van der Waals surface area contributed by atoms with Gasteiger partial charge in [0.15, 0.2) is 0 Å². The van der Waals surface area contributed by atoms with Crippen LogP contribution in [-0.4, -0.2) is 15.5 Å². The standard InChI is InChI=1S/C13H13Br2N3O/c1-2-6-18-8-9(14)7-11(18)13(19)17-10-4-3-5-16-12(10)15/h3-5,7-8H,2,6H2,1H3,(H,17,19). The minimum Gasteiger partial charge on any atom is -0.342 e. The molecule has 0 aliphatic heterocycles. The van der Waals surface area contributed by atoms with E-state index < -0.39 is 0 Å². The predicted molar refractivity (Wildman–Crippen MR) is 82.3 cm³/mol. The monoisotopic (exact) mass is 385 g/mol. The van der Waals surface area contributed by atoms with E-state index in [2.05, 4.69) is 49.1 Å². The average Bonchev–Trinajstić information content (AvgIpc) is 2.74. The lowest BCUT2D eigenvalue weighted by molar-refractivity contribution is 0.101. The number of aryl methyl sites for hydroxylation is 1. The number of hydrogen-bond acceptors (Lipinski definition) is 2. The molecule has 0 saturated heterocycles. The Hall–Kier alpha value is -1.14. The third kappa shape index (κ3) is 3.45. The molecule has 4 nitrogen and oxygen atoms in total. The molecule has 0 bridgehead atoms. The van der Waals surface area contributed by atoms with Crippen molar-refractivity contribution in [3.63, 3.8) is 0 Å². The van der Waals surface area contributed by atoms with E-state index >= 15 is 0 Å². The van der Waals surface area contributed by atoms with Crippen LogP contribution in [0.2, 0.25) is 0 Å². The molecule has 100 valence electrons. The van der Waals surface area contributed by atoms with E-state index in [1.54, 1.807) is 18.3 Å². The summed E-state index contributed by atoms with van der Waals surface area (Å²) >= 11 is 6.71. The van der Waals surface area contributed by atoms with E-state index in [1.807, 2.05) is 16.8 Å². The highest BCUT2D eigenvalue weighted by molar-refractivity contribution is 9.10. The lowest BCUT2D eigenvalue weighted by atomic mass is 10.3. The fourth-order valence-electron chi connectivity index (χ4n) is 1.76. The van der Waals surface area contributed by atoms with Gasteiger partial charge in [0.25, 0.3) is 5.91 Å². The van der Waals surface area contributed by atoms with E-state index in [1.165, 1.54) is 0 Å². The van der Waals surface area contributed by atoms with Crippen LogP contribution in [0.4, 0.5) is 5.69 Å². The molecular weight excluding hydrogens is 374 g/mol. The zero-order valence-corrected chi connectivity index (χ0v) is 13.5. The third-order valence-corrected chi connectivity index (χ3v) is 3.63. The normalized spacial score (nSPS) is 10.5. The molecule has 2 heterocycles. The number of anilines is 1. The van der Waals surface area contributed by atoms with Gasteiger partial charge in [-0.3, -0.25) is 4.79 Å². The summed E-state index contributed by atoms with van der Waals surface area (Å²) in [6.07, 6.45) is 4.55. The minimum absolute atomic E-state index is 0.146. The van der Waals surface area contributed by atoms with Crippen molar-refractivity contribution in [3.05, 3.63) is 45.4 Å². The van der Waals surface area contributed by atoms with Crippen molar-refractivity contribution in [2.24, 2.45) is 0 Å². The van der Waals surface area contributed by atoms with Gasteiger partial charge in [0.2, 0.25) is 0 Å². The summed E-state index contributed by atoms with van der Waals surface area (Å²) < 4.78 is 3.45. The Bertz CT molecular complexity index is 595. The molecule has 0 saturated carbocycles. The van der Waals surface area contributed by atoms with Gasteiger partial charge in [-0.2, -0.15) is 0 Å². The van der Waals surface area contributed by atoms with Crippen molar-refractivity contribution in [1.82, 2.24) is 9.55 Å². The van der Waals surface area contributed by atoms with Crippen molar-refractivity contribution in [2.75, 3.05) is 5.32 Å². The Morgan fingerprint density at radius 1 is 1.47 bits per heavy atom. The van der Waals surface area contributed by atoms with Crippen LogP contribution in [0.25, 0.3) is 0 Å². The average molecular weight is 387 g/mol. The maximum atomic E-state index is 12.3. The fraction of sp³-hybridized carbons (Fsp3) is 0.231. The van der Waals surface area contributed by atoms with E-state index in [4.69, 9.17) is 0 Å². The highest BCUT2D eigenvalue weighted by Crippen LogP contribution is 2.21. The number of rotatable bonds is 4. The van der Waals surface area contributed by atoms with Crippen molar-refractivity contribution in [2.45, 2.75) is 19.9 Å². The van der Waals surface area contributed by atoms with Crippen molar-refractivity contribution in [3.8, 4) is 0 Å². The zero-order chi connectivity index (χ0) is 13.8. The largest absolute Gasteiger partial charge is 0.342 e. The number of halogens is 2. The summed E-state index contributed by atoms with van der Waals surface area (Å²) in [6.45, 7) is 2.88. The second kappa shape index (κ2) is 6.34. The zero-order valence-electron chi connectivity index (χ0n) is 10.4. The molecule has 6 heteroatoms. The molecule has 0 aliphatic rings. The minimum atomic E-state index is -0.146. The smallest absolute Gasteiger partial charge is 0.272 e. The number of carbonyl (C=O) groups excluding carboxylic acids is 1. The maximum absolute atomic E-state index is 12.3. The quantitative estimate of drug-likeness (QED) is 0.805. The molecular formula is C13H13Br2N3O. The van der Waals surface area contributed by atoms with Crippen molar-refractivity contribution >= 4 is 43.5 Å². The second-order valence-electron chi connectivity index (χ2n) is 4.03. The van der Waals surface area contributed by atoms with Crippen LogP contribution in [0.5, 0.6) is 0 Å². The Balaban J connectivity index is 2.23. The third-order valence-electron chi connectivity index (χ3n) is 2.57. The number of hydrogen-bond donors (Lipinski definition) is 1. The first kappa shape index (κ1) is 14.3. The molecule has 0 aliphatic carbocycles. The van der Waals surface area contributed by atoms with Gasteiger partial charge in [0.1, 0.15) is 10.3 Å². The maximum Gasteiger partial charge on any atom is 0.272 e. The SMILES string of the molecule is CCCn1cc(Br)cc1C(=O)Nc1cccnc1Br. The van der Waals surface area contributed by atoms with Crippen LogP contribution < -0.4 is 5.32 Å². The molecule has 1 amide bonds. The second-order valence-corrected chi connectivity index (χ2v) is 5.70. The molecule has 0 aromatic carbocycles. The number of nitrogens with one attached hydrogen (secondary N) is 1. The number of nitrogens with zero attached hydrogens (tertiary/aromatic N) is 2. The summed E-state index contributed by atoms with van der Waals surface area (Å²) in [5, 5.41) is 2.85. The first-order chi connectivity index (χ1) is 9.11. The molecule has 0 spiro atoms. The summed E-state index contributed by atoms with van der Waals surface area (Å²) in [7, 11) is 0. The van der Waals surface area contributed by atoms with E-state index in [0.717, 1.165) is 17.4 Å². The van der Waals surface area contributed by atoms with Crippen molar-refractivity contribution < 1.29 is 4.79 Å². The van der Waals surface area contributed by atoms with Gasteiger partial charge < -0.3 is 9.88 Å². The van der Waals surface area contributed by atoms with Gasteiger partial charge >= 0.3 is 0 Å². The lowest BCUT2D eigenvalue weighted by Crippen LogP contribution is -2.17. The predicted octanol–water partition coefficient (Wildman–Crippen LogP) is 4.07. The van der Waals surface area contributed by atoms with Crippen LogP contribution in [0.15, 0.2) is 39.7 Å². The fourth-order valence-corrected chi connectivity index (χ4v) is 2.57. The van der Waals surface area contributed by atoms with E-state index in [0.29, 0.717) is 16.0 Å². The summed E-state index contributed by atoms with van der Waals surface area (Å²) in [6, 6.07) is 5.40. The molecule has 1 N–H and O–H groups in total. The van der Waals surface area contributed by atoms with E-state index in [-0.39, 0.29) is 5.91 Å². The van der Waals surface area contributed by atoms with Crippen LogP contribution in [-0.2, 0) is 6.54 Å². The molecule has 0 atom stereocenters. The van der Waals surface area contributed by atoms with Crippen molar-refractivity contribution in [1.29, 1.82) is 0 Å². The topological polar surface area (TPSA) is 46.9 Å². The van der Waals surface area contributed by atoms with Gasteiger partial charge in [-0.15, -0.1) is 0 Å². The van der Waals surface area contributed by atoms with Crippen LogP contribution >= 0.6 is 31.9 Å². The Kier molecular flexibility index (Phi) is 4.76. The highest BCUT2D eigenvalue weighted by Gasteiger charge is 2.14. The van der Waals surface area contributed by atoms with Crippen LogP contribution in [0.3, 0.4) is 0 Å². The Morgan fingerprint density at radius 3 is 2.95 bits per heavy atom. The number of amides is 1. The molecule has 0 radical (unpaired) electrons. The molecule has 2 aromatic rings. The van der Waals surface area contributed by atoms with Crippen LogP contribution in [0, 0.1) is 0 Å². The highest BCUT2D eigenvalue weighted by atomic mass is 79.9. The molecule has 2 aromatic heterocycles. The molecule has 19 heavy (non-hydrogen) atoms. The Morgan fingerprint density at radius 2 is 2.26 bits per heavy atom. The van der Waals surface area contributed by atoms with Gasteiger partial charge in [-0.25, -0.2) is 4.98 Å². The summed E-state index contributed by atoms with van der Waals surface area (Å²) in [5.74, 6) is -0.146. The number of aromatic nitrogens is 2. The molecule has 0 unspecified atom stereocenters. The molecule has 2 rings (SSSR count). The lowest BCUT2D eigenvalue weighted by Gasteiger charge is -2.09. The molecule has 0 fully saturated rings. The van der Waals surface area contributed by atoms with Gasteiger partial charge in [-0.1, -0.05) is 6.92 Å². The van der Waals surface area contributed by atoms with Gasteiger partial charge in [0, 0.05) is 23.4 Å². The van der Waals surface area contributed by atoms with Gasteiger partial charge in [0.05, 0.1) is 5.69 Å². The number of pyridine rings is 1. The van der Waals surface area contributed by atoms with E-state index in [9.17, 15) is 4.79 Å². The number of carbonyl (C=O) groups is 1. The summed E-state index contributed by atoms with van der Waals surface area (Å²) in [4.78, 5) is 16.3. The Labute approximate surface area is 128 Å². The van der Waals surface area contributed by atoms with Gasteiger partial charge in [-0.05, 0) is 56.5 Å². The summed E-state index contributed by atoms with van der Waals surface area (Å²) in [5.41, 5.74) is 1.29. The van der Waals surface area contributed by atoms with Crippen LogP contribution in [0.1, 0.15) is 23.8 Å². The first-order valence-corrected chi connectivity index (χ1v) is 7.48.